The van der Waals surface area contributed by atoms with Crippen LogP contribution in [-0.2, 0) is 17.7 Å². The first-order valence-corrected chi connectivity index (χ1v) is 8.68. The molecule has 0 aliphatic carbocycles. The third-order valence-electron chi connectivity index (χ3n) is 2.82. The number of aromatic nitrogens is 2. The largest absolute Gasteiger partial charge is 0.383 e. The van der Waals surface area contributed by atoms with E-state index in [9.17, 15) is 0 Å². The second-order valence-electron chi connectivity index (χ2n) is 4.32. The molecule has 0 atom stereocenters. The van der Waals surface area contributed by atoms with E-state index in [1.54, 1.807) is 18.9 Å². The van der Waals surface area contributed by atoms with E-state index in [1.165, 1.54) is 11.5 Å². The second kappa shape index (κ2) is 8.70. The van der Waals surface area contributed by atoms with Crippen molar-refractivity contribution in [2.24, 2.45) is 0 Å². The molecule has 0 spiro atoms. The lowest BCUT2D eigenvalue weighted by Gasteiger charge is -2.11. The van der Waals surface area contributed by atoms with Crippen LogP contribution < -0.4 is 5.32 Å². The molecule has 1 aromatic heterocycles. The Morgan fingerprint density at radius 1 is 1.43 bits per heavy atom. The molecule has 0 bridgehead atoms. The number of methoxy groups -OCH3 is 1. The van der Waals surface area contributed by atoms with E-state index >= 15 is 0 Å². The topological polar surface area (TPSA) is 47.0 Å². The van der Waals surface area contributed by atoms with Gasteiger partial charge in [0.15, 0.2) is 4.34 Å². The van der Waals surface area contributed by atoms with Gasteiger partial charge in [-0.2, -0.15) is 4.37 Å². The Morgan fingerprint density at radius 2 is 2.29 bits per heavy atom. The molecule has 0 saturated heterocycles. The number of rotatable bonds is 8. The minimum absolute atomic E-state index is 0.684. The van der Waals surface area contributed by atoms with Crippen LogP contribution in [0.25, 0.3) is 0 Å². The van der Waals surface area contributed by atoms with E-state index in [1.807, 2.05) is 12.1 Å². The molecule has 21 heavy (non-hydrogen) atoms. The van der Waals surface area contributed by atoms with Gasteiger partial charge in [-0.1, -0.05) is 36.4 Å². The molecule has 0 aliphatic rings. The fraction of sp³-hybridized carbons (Fsp3) is 0.429. The number of benzene rings is 1. The fourth-order valence-corrected chi connectivity index (χ4v) is 3.83. The van der Waals surface area contributed by atoms with Crippen molar-refractivity contribution in [2.75, 3.05) is 20.3 Å². The summed E-state index contributed by atoms with van der Waals surface area (Å²) in [4.78, 5) is 5.61. The van der Waals surface area contributed by atoms with Crippen molar-refractivity contribution in [2.45, 2.75) is 29.1 Å². The molecule has 1 heterocycles. The van der Waals surface area contributed by atoms with Gasteiger partial charge in [0, 0.05) is 36.5 Å². The second-order valence-corrected chi connectivity index (χ2v) is 6.77. The maximum atomic E-state index is 6.32. The average molecular weight is 344 g/mol. The first-order valence-electron chi connectivity index (χ1n) is 6.72. The molecule has 1 aromatic carbocycles. The molecule has 0 amide bonds. The summed E-state index contributed by atoms with van der Waals surface area (Å²) in [5.74, 6) is 0.893. The van der Waals surface area contributed by atoms with Crippen LogP contribution in [0.4, 0.5) is 0 Å². The number of hydrogen-bond donors (Lipinski definition) is 1. The number of aryl methyl sites for hydroxylation is 1. The average Bonchev–Trinajstić information content (AvgIpc) is 2.93. The molecular weight excluding hydrogens is 326 g/mol. The van der Waals surface area contributed by atoms with Crippen molar-refractivity contribution in [1.29, 1.82) is 0 Å². The fourth-order valence-electron chi connectivity index (χ4n) is 1.71. The molecule has 114 valence electrons. The zero-order valence-corrected chi connectivity index (χ0v) is 14.4. The molecule has 2 aromatic rings. The van der Waals surface area contributed by atoms with Crippen molar-refractivity contribution in [3.05, 3.63) is 34.6 Å². The van der Waals surface area contributed by atoms with Gasteiger partial charge in [-0.05, 0) is 29.2 Å². The van der Waals surface area contributed by atoms with Crippen molar-refractivity contribution >= 4 is 34.9 Å². The van der Waals surface area contributed by atoms with E-state index in [0.717, 1.165) is 38.6 Å². The lowest BCUT2D eigenvalue weighted by Crippen LogP contribution is -2.19. The number of hydrogen-bond acceptors (Lipinski definition) is 6. The molecule has 0 aliphatic heterocycles. The third-order valence-corrected chi connectivity index (χ3v) is 5.07. The molecule has 1 N–H and O–H groups in total. The Labute approximate surface area is 138 Å². The van der Waals surface area contributed by atoms with Crippen LogP contribution in [0.5, 0.6) is 0 Å². The Kier molecular flexibility index (Phi) is 6.92. The minimum Gasteiger partial charge on any atom is -0.383 e. The van der Waals surface area contributed by atoms with Gasteiger partial charge in [-0.15, -0.1) is 0 Å². The standard InChI is InChI=1S/C14H18ClN3OS2/c1-3-13-17-14(21-18-13)20-12-6-4-5-11(15)10(12)9-16-7-8-19-2/h4-6,16H,3,7-9H2,1-2H3. The van der Waals surface area contributed by atoms with Crippen molar-refractivity contribution in [1.82, 2.24) is 14.7 Å². The summed E-state index contributed by atoms with van der Waals surface area (Å²) in [6, 6.07) is 5.94. The van der Waals surface area contributed by atoms with Crippen LogP contribution in [-0.4, -0.2) is 29.6 Å². The van der Waals surface area contributed by atoms with Crippen LogP contribution in [0, 0.1) is 0 Å². The Balaban J connectivity index is 2.09. The molecule has 0 saturated carbocycles. The molecular formula is C14H18ClN3OS2. The summed E-state index contributed by atoms with van der Waals surface area (Å²) in [7, 11) is 1.69. The SMILES string of the molecule is CCc1nsc(Sc2cccc(Cl)c2CNCCOC)n1. The number of halogens is 1. The lowest BCUT2D eigenvalue weighted by molar-refractivity contribution is 0.199. The molecule has 0 fully saturated rings. The Morgan fingerprint density at radius 3 is 3.00 bits per heavy atom. The normalized spacial score (nSPS) is 11.0. The smallest absolute Gasteiger partial charge is 0.174 e. The van der Waals surface area contributed by atoms with Crippen LogP contribution >= 0.6 is 34.9 Å². The highest BCUT2D eigenvalue weighted by molar-refractivity contribution is 8.01. The van der Waals surface area contributed by atoms with Crippen molar-refractivity contribution in [3.63, 3.8) is 0 Å². The Bertz CT molecular complexity index is 577. The monoisotopic (exact) mass is 343 g/mol. The van der Waals surface area contributed by atoms with Gasteiger partial charge in [0.1, 0.15) is 5.82 Å². The van der Waals surface area contributed by atoms with Crippen LogP contribution in [0.3, 0.4) is 0 Å². The van der Waals surface area contributed by atoms with Gasteiger partial charge in [-0.25, -0.2) is 4.98 Å². The van der Waals surface area contributed by atoms with Crippen LogP contribution in [0.2, 0.25) is 5.02 Å². The highest BCUT2D eigenvalue weighted by Crippen LogP contribution is 2.34. The quantitative estimate of drug-likeness (QED) is 0.741. The summed E-state index contributed by atoms with van der Waals surface area (Å²) in [5.41, 5.74) is 1.09. The zero-order chi connectivity index (χ0) is 15.1. The van der Waals surface area contributed by atoms with Gasteiger partial charge < -0.3 is 10.1 Å². The highest BCUT2D eigenvalue weighted by atomic mass is 35.5. The number of ether oxygens (including phenoxy) is 1. The van der Waals surface area contributed by atoms with Gasteiger partial charge in [0.05, 0.1) is 6.61 Å². The lowest BCUT2D eigenvalue weighted by atomic mass is 10.2. The predicted octanol–water partition coefficient (Wildman–Crippen LogP) is 3.64. The van der Waals surface area contributed by atoms with Gasteiger partial charge in [0.2, 0.25) is 0 Å². The highest BCUT2D eigenvalue weighted by Gasteiger charge is 2.11. The van der Waals surface area contributed by atoms with E-state index < -0.39 is 0 Å². The predicted molar refractivity (Wildman–Crippen MR) is 88.4 cm³/mol. The number of nitrogens with zero attached hydrogens (tertiary/aromatic N) is 2. The van der Waals surface area contributed by atoms with E-state index in [2.05, 4.69) is 27.7 Å². The maximum absolute atomic E-state index is 6.32. The van der Waals surface area contributed by atoms with Crippen LogP contribution in [0.15, 0.2) is 27.4 Å². The van der Waals surface area contributed by atoms with Gasteiger partial charge in [0.25, 0.3) is 0 Å². The molecule has 2 rings (SSSR count). The molecule has 0 unspecified atom stereocenters. The summed E-state index contributed by atoms with van der Waals surface area (Å²) in [5, 5.41) is 4.10. The summed E-state index contributed by atoms with van der Waals surface area (Å²) >= 11 is 9.38. The first-order chi connectivity index (χ1) is 10.2. The van der Waals surface area contributed by atoms with Gasteiger partial charge in [-0.3, -0.25) is 0 Å². The third kappa shape index (κ3) is 4.93. The minimum atomic E-state index is 0.684. The molecule has 0 radical (unpaired) electrons. The van der Waals surface area contributed by atoms with Gasteiger partial charge >= 0.3 is 0 Å². The van der Waals surface area contributed by atoms with E-state index in [4.69, 9.17) is 16.3 Å². The maximum Gasteiger partial charge on any atom is 0.174 e. The zero-order valence-electron chi connectivity index (χ0n) is 12.1. The first kappa shape index (κ1) is 16.7. The summed E-state index contributed by atoms with van der Waals surface area (Å²) in [6.07, 6.45) is 0.859. The van der Waals surface area contributed by atoms with E-state index in [0.29, 0.717) is 13.2 Å². The van der Waals surface area contributed by atoms with Crippen LogP contribution in [0.1, 0.15) is 18.3 Å². The Hall–Kier alpha value is -0.660. The van der Waals surface area contributed by atoms with E-state index in [-0.39, 0.29) is 0 Å². The summed E-state index contributed by atoms with van der Waals surface area (Å²) in [6.45, 7) is 4.25. The summed E-state index contributed by atoms with van der Waals surface area (Å²) < 4.78 is 10.3. The number of nitrogens with one attached hydrogen (secondary N) is 1. The molecule has 7 heteroatoms. The van der Waals surface area contributed by atoms with Crippen molar-refractivity contribution in [3.8, 4) is 0 Å². The van der Waals surface area contributed by atoms with Crippen molar-refractivity contribution < 1.29 is 4.74 Å². The molecule has 4 nitrogen and oxygen atoms in total.